The normalized spacial score (nSPS) is 13.4. The maximum absolute atomic E-state index is 13.8. The van der Waals surface area contributed by atoms with Crippen LogP contribution < -0.4 is 5.32 Å². The van der Waals surface area contributed by atoms with Crippen LogP contribution in [-0.2, 0) is 28.9 Å². The van der Waals surface area contributed by atoms with E-state index in [2.05, 4.69) is 10.3 Å². The zero-order valence-electron chi connectivity index (χ0n) is 19.5. The van der Waals surface area contributed by atoms with Crippen molar-refractivity contribution in [2.75, 3.05) is 0 Å². The molecule has 0 bridgehead atoms. The number of aliphatic carboxylic acids is 1. The highest BCUT2D eigenvalue weighted by Gasteiger charge is 2.42. The van der Waals surface area contributed by atoms with Gasteiger partial charge in [0.2, 0.25) is 5.91 Å². The molecule has 0 fully saturated rings. The van der Waals surface area contributed by atoms with Crippen LogP contribution in [-0.4, -0.2) is 27.5 Å². The fourth-order valence-electron chi connectivity index (χ4n) is 4.55. The Balaban J connectivity index is 1.64. The predicted molar refractivity (Wildman–Crippen MR) is 135 cm³/mol. The number of aromatic nitrogens is 1. The highest BCUT2D eigenvalue weighted by Crippen LogP contribution is 2.30. The summed E-state index contributed by atoms with van der Waals surface area (Å²) in [6.07, 6.45) is 2.99. The molecule has 1 amide bonds. The second-order valence-corrected chi connectivity index (χ2v) is 9.51. The van der Waals surface area contributed by atoms with Gasteiger partial charge >= 0.3 is 5.97 Å². The van der Waals surface area contributed by atoms with Crippen molar-refractivity contribution in [1.82, 2.24) is 10.3 Å². The monoisotopic (exact) mass is 454 g/mol. The summed E-state index contributed by atoms with van der Waals surface area (Å²) in [6, 6.07) is 27.5. The lowest BCUT2D eigenvalue weighted by Crippen LogP contribution is -2.58. The lowest BCUT2D eigenvalue weighted by molar-refractivity contribution is -0.148. The average molecular weight is 455 g/mol. The Kier molecular flexibility index (Phi) is 6.55. The van der Waals surface area contributed by atoms with E-state index in [0.29, 0.717) is 12.8 Å². The quantitative estimate of drug-likeness (QED) is 0.327. The van der Waals surface area contributed by atoms with E-state index in [1.807, 2.05) is 98.0 Å². The third-order valence-corrected chi connectivity index (χ3v) is 6.50. The Labute approximate surface area is 199 Å². The summed E-state index contributed by atoms with van der Waals surface area (Å²) in [5.41, 5.74) is 1.56. The molecule has 0 saturated carbocycles. The molecule has 1 aromatic heterocycles. The van der Waals surface area contributed by atoms with Crippen LogP contribution in [0.5, 0.6) is 0 Å². The molecule has 5 heteroatoms. The van der Waals surface area contributed by atoms with Crippen LogP contribution in [0.25, 0.3) is 10.9 Å². The number of nitrogens with one attached hydrogen (secondary N) is 2. The van der Waals surface area contributed by atoms with Gasteiger partial charge in [-0.3, -0.25) is 4.79 Å². The van der Waals surface area contributed by atoms with Crippen molar-refractivity contribution < 1.29 is 14.7 Å². The van der Waals surface area contributed by atoms with Gasteiger partial charge in [0.05, 0.1) is 5.41 Å². The summed E-state index contributed by atoms with van der Waals surface area (Å²) in [6.45, 7) is 3.50. The van der Waals surface area contributed by atoms with Crippen molar-refractivity contribution in [3.63, 3.8) is 0 Å². The molecular formula is C29H30N2O3. The van der Waals surface area contributed by atoms with Gasteiger partial charge in [0.1, 0.15) is 5.54 Å². The van der Waals surface area contributed by atoms with Crippen LogP contribution in [0, 0.1) is 5.41 Å². The number of hydrogen-bond acceptors (Lipinski definition) is 2. The first-order valence-corrected chi connectivity index (χ1v) is 11.5. The number of benzene rings is 3. The summed E-state index contributed by atoms with van der Waals surface area (Å²) >= 11 is 0. The van der Waals surface area contributed by atoms with Gasteiger partial charge in [0, 0.05) is 23.5 Å². The molecule has 4 aromatic rings. The number of fused-ring (bicyclic) bond motifs is 1. The molecule has 174 valence electrons. The number of carboxylic acids is 1. The fraction of sp³-hybridized carbons (Fsp3) is 0.241. The van der Waals surface area contributed by atoms with Gasteiger partial charge in [0.15, 0.2) is 0 Å². The third-order valence-electron chi connectivity index (χ3n) is 6.50. The molecule has 0 aliphatic rings. The average Bonchev–Trinajstić information content (AvgIpc) is 3.22. The Morgan fingerprint density at radius 2 is 1.32 bits per heavy atom. The molecule has 4 rings (SSSR count). The number of rotatable bonds is 9. The van der Waals surface area contributed by atoms with E-state index in [1.54, 1.807) is 6.92 Å². The zero-order valence-corrected chi connectivity index (χ0v) is 19.5. The molecule has 3 aromatic carbocycles. The molecule has 0 spiro atoms. The number of hydrogen-bond donors (Lipinski definition) is 3. The van der Waals surface area contributed by atoms with Crippen molar-refractivity contribution >= 4 is 22.8 Å². The number of carbonyl (C=O) groups excluding carboxylic acids is 1. The smallest absolute Gasteiger partial charge is 0.329 e. The van der Waals surface area contributed by atoms with E-state index in [1.165, 1.54) is 0 Å². The van der Waals surface area contributed by atoms with E-state index < -0.39 is 16.9 Å². The number of para-hydroxylation sites is 1. The summed E-state index contributed by atoms with van der Waals surface area (Å²) in [7, 11) is 0. The van der Waals surface area contributed by atoms with Crippen LogP contribution in [0.2, 0.25) is 0 Å². The fourth-order valence-corrected chi connectivity index (χ4v) is 4.55. The number of carbonyl (C=O) groups is 2. The van der Waals surface area contributed by atoms with Gasteiger partial charge in [0.25, 0.3) is 0 Å². The summed E-state index contributed by atoms with van der Waals surface area (Å²) < 4.78 is 0. The number of aromatic amines is 1. The molecule has 0 unspecified atom stereocenters. The SMILES string of the molecule is CC(Cc1ccccc1)(Cc1ccccc1)C(=O)N[C@](C)(Cc1c[nH]c2ccccc12)C(=O)O. The predicted octanol–water partition coefficient (Wildman–Crippen LogP) is 5.16. The molecule has 1 heterocycles. The Morgan fingerprint density at radius 3 is 1.88 bits per heavy atom. The second kappa shape index (κ2) is 9.56. The molecule has 5 nitrogen and oxygen atoms in total. The van der Waals surface area contributed by atoms with E-state index in [-0.39, 0.29) is 12.3 Å². The largest absolute Gasteiger partial charge is 0.480 e. The van der Waals surface area contributed by atoms with Gasteiger partial charge in [-0.15, -0.1) is 0 Å². The summed E-state index contributed by atoms with van der Waals surface area (Å²) in [5, 5.41) is 14.1. The van der Waals surface area contributed by atoms with Gasteiger partial charge in [-0.2, -0.15) is 0 Å². The Morgan fingerprint density at radius 1 is 0.794 bits per heavy atom. The summed E-state index contributed by atoms with van der Waals surface area (Å²) in [4.78, 5) is 29.4. The Bertz CT molecular complexity index is 1240. The molecular weight excluding hydrogens is 424 g/mol. The van der Waals surface area contributed by atoms with Gasteiger partial charge in [-0.05, 0) is 42.5 Å². The first-order valence-electron chi connectivity index (χ1n) is 11.5. The van der Waals surface area contributed by atoms with Crippen molar-refractivity contribution in [2.24, 2.45) is 5.41 Å². The maximum atomic E-state index is 13.8. The molecule has 3 N–H and O–H groups in total. The first kappa shape index (κ1) is 23.3. The van der Waals surface area contributed by atoms with E-state index in [0.717, 1.165) is 27.6 Å². The first-order chi connectivity index (χ1) is 16.3. The standard InChI is InChI=1S/C29H30N2O3/c1-28(17-21-11-5-3-6-12-21,18-22-13-7-4-8-14-22)26(32)31-29(2,27(33)34)19-23-20-30-25-16-10-9-15-24(23)25/h3-16,20,30H,17-19H2,1-2H3,(H,31,32)(H,33,34)/t29-/m1/s1. The molecule has 1 atom stereocenters. The minimum atomic E-state index is -1.46. The van der Waals surface area contributed by atoms with Gasteiger partial charge in [-0.1, -0.05) is 85.8 Å². The van der Waals surface area contributed by atoms with Gasteiger partial charge in [-0.25, -0.2) is 4.79 Å². The second-order valence-electron chi connectivity index (χ2n) is 9.51. The van der Waals surface area contributed by atoms with Crippen molar-refractivity contribution in [1.29, 1.82) is 0 Å². The number of amides is 1. The molecule has 0 aliphatic heterocycles. The van der Waals surface area contributed by atoms with Crippen LogP contribution in [0.4, 0.5) is 0 Å². The van der Waals surface area contributed by atoms with E-state index in [9.17, 15) is 14.7 Å². The lowest BCUT2D eigenvalue weighted by atomic mass is 9.76. The number of carboxylic acid groups (broad SMARTS) is 1. The minimum Gasteiger partial charge on any atom is -0.480 e. The topological polar surface area (TPSA) is 82.2 Å². The maximum Gasteiger partial charge on any atom is 0.329 e. The molecule has 0 saturated heterocycles. The van der Waals surface area contributed by atoms with Crippen molar-refractivity contribution in [3.8, 4) is 0 Å². The highest BCUT2D eigenvalue weighted by atomic mass is 16.4. The Hall–Kier alpha value is -3.86. The number of H-pyrrole nitrogens is 1. The highest BCUT2D eigenvalue weighted by molar-refractivity contribution is 5.91. The molecule has 0 aliphatic carbocycles. The van der Waals surface area contributed by atoms with Gasteiger partial charge < -0.3 is 15.4 Å². The van der Waals surface area contributed by atoms with Crippen LogP contribution >= 0.6 is 0 Å². The van der Waals surface area contributed by atoms with Crippen LogP contribution in [0.15, 0.2) is 91.1 Å². The molecule has 0 radical (unpaired) electrons. The van der Waals surface area contributed by atoms with E-state index in [4.69, 9.17) is 0 Å². The van der Waals surface area contributed by atoms with Crippen LogP contribution in [0.1, 0.15) is 30.5 Å². The van der Waals surface area contributed by atoms with Crippen molar-refractivity contribution in [3.05, 3.63) is 108 Å². The third kappa shape index (κ3) is 5.04. The zero-order chi connectivity index (χ0) is 24.2. The van der Waals surface area contributed by atoms with Crippen molar-refractivity contribution in [2.45, 2.75) is 38.6 Å². The lowest BCUT2D eigenvalue weighted by Gasteiger charge is -2.34. The van der Waals surface area contributed by atoms with E-state index >= 15 is 0 Å². The minimum absolute atomic E-state index is 0.171. The summed E-state index contributed by atoms with van der Waals surface area (Å²) in [5.74, 6) is -1.34. The molecule has 34 heavy (non-hydrogen) atoms. The van der Waals surface area contributed by atoms with Crippen LogP contribution in [0.3, 0.4) is 0 Å².